The van der Waals surface area contributed by atoms with Crippen LogP contribution in [0.3, 0.4) is 0 Å². The van der Waals surface area contributed by atoms with Crippen molar-refractivity contribution < 1.29 is 18.0 Å². The molecule has 0 saturated heterocycles. The first-order valence-corrected chi connectivity index (χ1v) is 7.14. The van der Waals surface area contributed by atoms with E-state index >= 15 is 0 Å². The van der Waals surface area contributed by atoms with Gasteiger partial charge in [0.05, 0.1) is 12.0 Å². The Kier molecular flexibility index (Phi) is 4.48. The minimum Gasteiger partial charge on any atom is -0.341 e. The lowest BCUT2D eigenvalue weighted by Gasteiger charge is -2.09. The lowest BCUT2D eigenvalue weighted by molar-refractivity contribution is -0.137. The molecule has 2 aromatic rings. The summed E-state index contributed by atoms with van der Waals surface area (Å²) in [5, 5.41) is 2.46. The molecule has 0 spiro atoms. The van der Waals surface area contributed by atoms with Gasteiger partial charge in [0, 0.05) is 16.3 Å². The predicted molar refractivity (Wildman–Crippen MR) is 78.0 cm³/mol. The number of hydrogen-bond donors (Lipinski definition) is 2. The van der Waals surface area contributed by atoms with E-state index in [9.17, 15) is 18.0 Å². The average Bonchev–Trinajstić information content (AvgIpc) is 2.67. The van der Waals surface area contributed by atoms with Gasteiger partial charge in [-0.05, 0) is 37.3 Å². The molecule has 2 N–H and O–H groups in total. The molecule has 3 nitrogen and oxygen atoms in total. The summed E-state index contributed by atoms with van der Waals surface area (Å²) in [5.74, 6) is -0.386. The lowest BCUT2D eigenvalue weighted by atomic mass is 10.2. The number of benzene rings is 1. The number of alkyl halides is 3. The molecule has 21 heavy (non-hydrogen) atoms. The molecule has 0 atom stereocenters. The van der Waals surface area contributed by atoms with Gasteiger partial charge < -0.3 is 10.3 Å². The van der Waals surface area contributed by atoms with Crippen LogP contribution in [0.15, 0.2) is 24.3 Å². The van der Waals surface area contributed by atoms with Crippen molar-refractivity contribution in [2.75, 3.05) is 5.32 Å². The third kappa shape index (κ3) is 4.15. The van der Waals surface area contributed by atoms with Gasteiger partial charge in [-0.2, -0.15) is 13.2 Å². The summed E-state index contributed by atoms with van der Waals surface area (Å²) >= 11 is 6.25. The molecule has 1 amide bonds. The number of anilines is 1. The summed E-state index contributed by atoms with van der Waals surface area (Å²) < 4.78 is 38.3. The van der Waals surface area contributed by atoms with Crippen LogP contribution in [0.1, 0.15) is 16.1 Å². The second kappa shape index (κ2) is 5.98. The van der Waals surface area contributed by atoms with Gasteiger partial charge in [0.2, 0.25) is 5.91 Å². The summed E-state index contributed by atoms with van der Waals surface area (Å²) in [6.45, 7) is 1.79. The van der Waals surface area contributed by atoms with Crippen molar-refractivity contribution in [3.8, 4) is 0 Å². The third-order valence-corrected chi connectivity index (χ3v) is 4.05. The number of hydrogen-bond acceptors (Lipinski definition) is 3. The van der Waals surface area contributed by atoms with Gasteiger partial charge in [0.15, 0.2) is 3.95 Å². The fraction of sp³-hybridized carbons (Fsp3) is 0.231. The minimum atomic E-state index is -4.43. The topological polar surface area (TPSA) is 44.9 Å². The van der Waals surface area contributed by atoms with E-state index in [4.69, 9.17) is 12.2 Å². The molecule has 0 unspecified atom stereocenters. The normalized spacial score (nSPS) is 11.4. The van der Waals surface area contributed by atoms with Gasteiger partial charge in [-0.3, -0.25) is 4.79 Å². The lowest BCUT2D eigenvalue weighted by Crippen LogP contribution is -2.15. The fourth-order valence-electron chi connectivity index (χ4n) is 1.73. The van der Waals surface area contributed by atoms with E-state index in [2.05, 4.69) is 10.3 Å². The third-order valence-electron chi connectivity index (χ3n) is 2.72. The number of nitrogens with one attached hydrogen (secondary N) is 2. The molecule has 0 radical (unpaired) electrons. The second-order valence-corrected chi connectivity index (χ2v) is 6.14. The molecule has 0 bridgehead atoms. The van der Waals surface area contributed by atoms with Crippen LogP contribution in [0.25, 0.3) is 0 Å². The maximum atomic E-state index is 12.6. The standard InChI is InChI=1S/C13H11F3N2OS2/c1-7-10(21-12(20)17-7)6-11(19)18-9-4-2-3-8(5-9)13(14,15)16/h2-5H,6H2,1H3,(H,17,20)(H,18,19). The van der Waals surface area contributed by atoms with Crippen LogP contribution in [0, 0.1) is 10.9 Å². The predicted octanol–water partition coefficient (Wildman–Crippen LogP) is 4.31. The SMILES string of the molecule is Cc1[nH]c(=S)sc1CC(=O)Nc1cccc(C(F)(F)F)c1. The number of H-pyrrole nitrogens is 1. The van der Waals surface area contributed by atoms with E-state index in [0.29, 0.717) is 3.95 Å². The Balaban J connectivity index is 2.10. The van der Waals surface area contributed by atoms with Crippen molar-refractivity contribution in [2.24, 2.45) is 0 Å². The Morgan fingerprint density at radius 2 is 2.14 bits per heavy atom. The summed E-state index contributed by atoms with van der Waals surface area (Å²) in [4.78, 5) is 15.5. The van der Waals surface area contributed by atoms with E-state index in [0.717, 1.165) is 22.7 Å². The summed E-state index contributed by atoms with van der Waals surface area (Å²) in [7, 11) is 0. The smallest absolute Gasteiger partial charge is 0.341 e. The van der Waals surface area contributed by atoms with Gasteiger partial charge in [-0.15, -0.1) is 11.3 Å². The maximum Gasteiger partial charge on any atom is 0.416 e. The van der Waals surface area contributed by atoms with Gasteiger partial charge >= 0.3 is 6.18 Å². The number of aromatic amines is 1. The zero-order chi connectivity index (χ0) is 15.6. The Morgan fingerprint density at radius 3 is 2.71 bits per heavy atom. The number of carbonyl (C=O) groups excluding carboxylic acids is 1. The summed E-state index contributed by atoms with van der Waals surface area (Å²) in [5.41, 5.74) is 0.115. The first kappa shape index (κ1) is 15.7. The molecule has 112 valence electrons. The molecule has 0 fully saturated rings. The van der Waals surface area contributed by atoms with Crippen LogP contribution in [0.4, 0.5) is 18.9 Å². The number of aromatic nitrogens is 1. The Bertz CT molecular complexity index is 719. The van der Waals surface area contributed by atoms with Crippen LogP contribution in [-0.4, -0.2) is 10.9 Å². The van der Waals surface area contributed by atoms with Crippen molar-refractivity contribution in [3.05, 3.63) is 44.4 Å². The Hall–Kier alpha value is -1.67. The summed E-state index contributed by atoms with van der Waals surface area (Å²) in [6, 6.07) is 4.53. The van der Waals surface area contributed by atoms with Crippen LogP contribution in [0.2, 0.25) is 0 Å². The van der Waals surface area contributed by atoms with Crippen LogP contribution in [-0.2, 0) is 17.4 Å². The molecule has 1 aromatic carbocycles. The van der Waals surface area contributed by atoms with Crippen molar-refractivity contribution >= 4 is 35.1 Å². The van der Waals surface area contributed by atoms with E-state index < -0.39 is 11.7 Å². The van der Waals surface area contributed by atoms with Crippen molar-refractivity contribution in [2.45, 2.75) is 19.5 Å². The molecule has 1 heterocycles. The first-order chi connectivity index (χ1) is 9.75. The summed E-state index contributed by atoms with van der Waals surface area (Å²) in [6.07, 6.45) is -4.36. The Labute approximate surface area is 127 Å². The molecule has 1 aromatic heterocycles. The average molecular weight is 332 g/mol. The largest absolute Gasteiger partial charge is 0.416 e. The highest BCUT2D eigenvalue weighted by atomic mass is 32.1. The van der Waals surface area contributed by atoms with Gasteiger partial charge in [0.1, 0.15) is 0 Å². The molecule has 2 rings (SSSR count). The molecule has 8 heteroatoms. The number of halogens is 3. The van der Waals surface area contributed by atoms with Gasteiger partial charge in [0.25, 0.3) is 0 Å². The monoisotopic (exact) mass is 332 g/mol. The first-order valence-electron chi connectivity index (χ1n) is 5.91. The van der Waals surface area contributed by atoms with E-state index in [-0.39, 0.29) is 18.0 Å². The zero-order valence-corrected chi connectivity index (χ0v) is 12.5. The van der Waals surface area contributed by atoms with Crippen LogP contribution in [0.5, 0.6) is 0 Å². The quantitative estimate of drug-likeness (QED) is 0.823. The van der Waals surface area contributed by atoms with Crippen molar-refractivity contribution in [3.63, 3.8) is 0 Å². The van der Waals surface area contributed by atoms with Crippen LogP contribution >= 0.6 is 23.6 Å². The maximum absolute atomic E-state index is 12.6. The van der Waals surface area contributed by atoms with Crippen LogP contribution < -0.4 is 5.32 Å². The molecular weight excluding hydrogens is 321 g/mol. The second-order valence-electron chi connectivity index (χ2n) is 4.37. The molecule has 0 aliphatic heterocycles. The molecule has 0 saturated carbocycles. The number of aryl methyl sites for hydroxylation is 1. The highest BCUT2D eigenvalue weighted by Crippen LogP contribution is 2.30. The fourth-order valence-corrected chi connectivity index (χ4v) is 3.02. The minimum absolute atomic E-state index is 0.0693. The van der Waals surface area contributed by atoms with Gasteiger partial charge in [-0.1, -0.05) is 6.07 Å². The molecule has 0 aliphatic carbocycles. The van der Waals surface area contributed by atoms with Gasteiger partial charge in [-0.25, -0.2) is 0 Å². The highest BCUT2D eigenvalue weighted by Gasteiger charge is 2.30. The Morgan fingerprint density at radius 1 is 1.43 bits per heavy atom. The molecular formula is C13H11F3N2OS2. The number of rotatable bonds is 3. The van der Waals surface area contributed by atoms with E-state index in [1.807, 2.05) is 0 Å². The zero-order valence-electron chi connectivity index (χ0n) is 10.9. The number of amides is 1. The number of thiazole rings is 1. The van der Waals surface area contributed by atoms with E-state index in [1.165, 1.54) is 23.5 Å². The molecule has 0 aliphatic rings. The van der Waals surface area contributed by atoms with E-state index in [1.54, 1.807) is 6.92 Å². The highest BCUT2D eigenvalue weighted by molar-refractivity contribution is 7.73. The number of carbonyl (C=O) groups is 1. The van der Waals surface area contributed by atoms with Crippen molar-refractivity contribution in [1.82, 2.24) is 4.98 Å². The van der Waals surface area contributed by atoms with Crippen molar-refractivity contribution in [1.29, 1.82) is 0 Å².